The molecule has 0 saturated carbocycles. The second-order valence-electron chi connectivity index (χ2n) is 6.86. The molecule has 3 atom stereocenters. The van der Waals surface area contributed by atoms with Gasteiger partial charge in [0.25, 0.3) is 0 Å². The van der Waals surface area contributed by atoms with Crippen molar-refractivity contribution in [2.45, 2.75) is 51.6 Å². The van der Waals surface area contributed by atoms with Crippen molar-refractivity contribution < 1.29 is 4.74 Å². The normalized spacial score (nSPS) is 26.3. The van der Waals surface area contributed by atoms with Crippen molar-refractivity contribution >= 4 is 0 Å². The fourth-order valence-corrected chi connectivity index (χ4v) is 3.76. The van der Waals surface area contributed by atoms with E-state index in [4.69, 9.17) is 10.5 Å². The molecular weight excluding hydrogens is 260 g/mol. The number of ether oxygens (including phenoxy) is 1. The zero-order valence-corrected chi connectivity index (χ0v) is 13.9. The zero-order chi connectivity index (χ0) is 15.5. The van der Waals surface area contributed by atoms with E-state index in [9.17, 15) is 0 Å². The van der Waals surface area contributed by atoms with Gasteiger partial charge in [-0.15, -0.1) is 0 Å². The number of piperidine rings is 1. The molecule has 1 heterocycles. The lowest BCUT2D eigenvalue weighted by Crippen LogP contribution is -2.58. The van der Waals surface area contributed by atoms with Gasteiger partial charge in [0.15, 0.2) is 0 Å². The van der Waals surface area contributed by atoms with E-state index in [1.54, 1.807) is 7.11 Å². The highest BCUT2D eigenvalue weighted by Gasteiger charge is 2.37. The second-order valence-corrected chi connectivity index (χ2v) is 6.86. The summed E-state index contributed by atoms with van der Waals surface area (Å²) in [5.74, 6) is 1.79. The van der Waals surface area contributed by atoms with Crippen LogP contribution in [-0.2, 0) is 6.42 Å². The highest BCUT2D eigenvalue weighted by Crippen LogP contribution is 2.32. The lowest BCUT2D eigenvalue weighted by molar-refractivity contribution is 0.0254. The zero-order valence-electron chi connectivity index (χ0n) is 13.9. The summed E-state index contributed by atoms with van der Waals surface area (Å²) in [5, 5.41) is 0. The van der Waals surface area contributed by atoms with Gasteiger partial charge in [-0.1, -0.05) is 25.1 Å². The van der Waals surface area contributed by atoms with Gasteiger partial charge in [0.05, 0.1) is 7.11 Å². The van der Waals surface area contributed by atoms with Crippen LogP contribution in [0.4, 0.5) is 0 Å². The monoisotopic (exact) mass is 290 g/mol. The van der Waals surface area contributed by atoms with Gasteiger partial charge < -0.3 is 10.5 Å². The van der Waals surface area contributed by atoms with Crippen LogP contribution in [-0.4, -0.2) is 36.7 Å². The average molecular weight is 290 g/mol. The Bertz CT molecular complexity index is 462. The van der Waals surface area contributed by atoms with Crippen LogP contribution in [0.3, 0.4) is 0 Å². The number of nitrogens with two attached hydrogens (primary N) is 1. The molecule has 2 N–H and O–H groups in total. The molecule has 0 aromatic heterocycles. The summed E-state index contributed by atoms with van der Waals surface area (Å²) < 4.78 is 5.51. The van der Waals surface area contributed by atoms with Gasteiger partial charge in [0.2, 0.25) is 0 Å². The molecule has 1 aromatic carbocycles. The Labute approximate surface area is 129 Å². The third kappa shape index (κ3) is 3.58. The first-order valence-corrected chi connectivity index (χ1v) is 8.09. The fraction of sp³-hybridized carbons (Fsp3) is 0.667. The van der Waals surface area contributed by atoms with Crippen molar-refractivity contribution in [1.82, 2.24) is 4.90 Å². The van der Waals surface area contributed by atoms with Crippen molar-refractivity contribution in [1.29, 1.82) is 0 Å². The molecule has 3 nitrogen and oxygen atoms in total. The smallest absolute Gasteiger partial charge is 0.122 e. The van der Waals surface area contributed by atoms with E-state index in [0.29, 0.717) is 12.6 Å². The average Bonchev–Trinajstić information content (AvgIpc) is 2.47. The molecule has 118 valence electrons. The Morgan fingerprint density at radius 3 is 2.67 bits per heavy atom. The maximum absolute atomic E-state index is 6.19. The van der Waals surface area contributed by atoms with Crippen LogP contribution in [0.15, 0.2) is 24.3 Å². The number of likely N-dealkylation sites (tertiary alicyclic amines) is 1. The van der Waals surface area contributed by atoms with E-state index in [0.717, 1.165) is 24.6 Å². The molecule has 0 radical (unpaired) electrons. The Morgan fingerprint density at radius 2 is 2.05 bits per heavy atom. The summed E-state index contributed by atoms with van der Waals surface area (Å²) in [4.78, 5) is 2.61. The summed E-state index contributed by atoms with van der Waals surface area (Å²) in [6.07, 6.45) is 3.47. The number of benzene rings is 1. The maximum atomic E-state index is 6.19. The highest BCUT2D eigenvalue weighted by molar-refractivity contribution is 5.34. The third-order valence-electron chi connectivity index (χ3n) is 5.04. The molecule has 21 heavy (non-hydrogen) atoms. The molecule has 1 fully saturated rings. The van der Waals surface area contributed by atoms with E-state index in [-0.39, 0.29) is 5.54 Å². The number of para-hydroxylation sites is 1. The van der Waals surface area contributed by atoms with Gasteiger partial charge in [-0.25, -0.2) is 0 Å². The van der Waals surface area contributed by atoms with Gasteiger partial charge in [0, 0.05) is 18.1 Å². The van der Waals surface area contributed by atoms with Crippen molar-refractivity contribution in [3.63, 3.8) is 0 Å². The fourth-order valence-electron chi connectivity index (χ4n) is 3.76. The van der Waals surface area contributed by atoms with Crippen LogP contribution in [0, 0.1) is 5.92 Å². The molecule has 1 aliphatic heterocycles. The topological polar surface area (TPSA) is 38.5 Å². The quantitative estimate of drug-likeness (QED) is 0.905. The number of rotatable bonds is 5. The Balaban J connectivity index is 2.21. The van der Waals surface area contributed by atoms with E-state index < -0.39 is 0 Å². The summed E-state index contributed by atoms with van der Waals surface area (Å²) >= 11 is 0. The molecule has 2 rings (SSSR count). The number of methoxy groups -OCH3 is 1. The molecule has 0 aliphatic carbocycles. The predicted molar refractivity (Wildman–Crippen MR) is 88.7 cm³/mol. The molecule has 1 aliphatic rings. The van der Waals surface area contributed by atoms with Crippen LogP contribution in [0.2, 0.25) is 0 Å². The van der Waals surface area contributed by atoms with Crippen molar-refractivity contribution in [3.8, 4) is 5.75 Å². The van der Waals surface area contributed by atoms with Crippen LogP contribution in [0.25, 0.3) is 0 Å². The van der Waals surface area contributed by atoms with E-state index in [1.165, 1.54) is 18.4 Å². The number of hydrogen-bond acceptors (Lipinski definition) is 3. The van der Waals surface area contributed by atoms with Gasteiger partial charge >= 0.3 is 0 Å². The summed E-state index contributed by atoms with van der Waals surface area (Å²) in [6.45, 7) is 8.81. The molecule has 0 spiro atoms. The predicted octanol–water partition coefficient (Wildman–Crippen LogP) is 3.08. The van der Waals surface area contributed by atoms with Crippen molar-refractivity contribution in [3.05, 3.63) is 29.8 Å². The van der Waals surface area contributed by atoms with E-state index in [2.05, 4.69) is 37.8 Å². The standard InChI is InChI=1S/C18H30N2O/c1-14-9-10-20(15(2)11-14)18(3,13-19)12-16-7-5-6-8-17(16)21-4/h5-8,14-15H,9-13,19H2,1-4H3. The molecule has 1 saturated heterocycles. The van der Waals surface area contributed by atoms with Gasteiger partial charge in [-0.3, -0.25) is 4.90 Å². The van der Waals surface area contributed by atoms with Gasteiger partial charge in [-0.2, -0.15) is 0 Å². The molecule has 3 heteroatoms. The Hall–Kier alpha value is -1.06. The minimum atomic E-state index is -0.00576. The molecule has 1 aromatic rings. The van der Waals surface area contributed by atoms with E-state index >= 15 is 0 Å². The van der Waals surface area contributed by atoms with Crippen molar-refractivity contribution in [2.75, 3.05) is 20.2 Å². The minimum absolute atomic E-state index is 0.00576. The van der Waals surface area contributed by atoms with Crippen molar-refractivity contribution in [2.24, 2.45) is 11.7 Å². The first kappa shape index (κ1) is 16.3. The van der Waals surface area contributed by atoms with E-state index in [1.807, 2.05) is 12.1 Å². The van der Waals surface area contributed by atoms with Crippen LogP contribution < -0.4 is 10.5 Å². The number of nitrogens with zero attached hydrogens (tertiary/aromatic N) is 1. The maximum Gasteiger partial charge on any atom is 0.122 e. The summed E-state index contributed by atoms with van der Waals surface area (Å²) in [6, 6.07) is 8.89. The second kappa shape index (κ2) is 6.80. The third-order valence-corrected chi connectivity index (χ3v) is 5.04. The highest BCUT2D eigenvalue weighted by atomic mass is 16.5. The molecule has 0 bridgehead atoms. The lowest BCUT2D eigenvalue weighted by Gasteiger charge is -2.48. The number of hydrogen-bond donors (Lipinski definition) is 1. The van der Waals surface area contributed by atoms with Crippen LogP contribution >= 0.6 is 0 Å². The minimum Gasteiger partial charge on any atom is -0.496 e. The largest absolute Gasteiger partial charge is 0.496 e. The lowest BCUT2D eigenvalue weighted by atomic mass is 9.84. The first-order chi connectivity index (χ1) is 10.00. The molecule has 3 unspecified atom stereocenters. The molecular formula is C18H30N2O. The Kier molecular flexibility index (Phi) is 5.28. The van der Waals surface area contributed by atoms with Gasteiger partial charge in [-0.05, 0) is 57.2 Å². The summed E-state index contributed by atoms with van der Waals surface area (Å²) in [7, 11) is 1.74. The van der Waals surface area contributed by atoms with Crippen LogP contribution in [0.5, 0.6) is 5.75 Å². The molecule has 0 amide bonds. The summed E-state index contributed by atoms with van der Waals surface area (Å²) in [5.41, 5.74) is 7.43. The Morgan fingerprint density at radius 1 is 1.33 bits per heavy atom. The van der Waals surface area contributed by atoms with Crippen LogP contribution in [0.1, 0.15) is 39.2 Å². The first-order valence-electron chi connectivity index (χ1n) is 8.09. The SMILES string of the molecule is COc1ccccc1CC(C)(CN)N1CCC(C)CC1C. The van der Waals surface area contributed by atoms with Gasteiger partial charge in [0.1, 0.15) is 5.75 Å².